The van der Waals surface area contributed by atoms with Crippen LogP contribution in [0.2, 0.25) is 0 Å². The highest BCUT2D eigenvalue weighted by molar-refractivity contribution is 5.97. The van der Waals surface area contributed by atoms with Crippen molar-refractivity contribution in [1.82, 2.24) is 5.32 Å². The van der Waals surface area contributed by atoms with Gasteiger partial charge < -0.3 is 10.1 Å². The zero-order chi connectivity index (χ0) is 17.3. The summed E-state index contributed by atoms with van der Waals surface area (Å²) in [5.74, 6) is -0.808. The summed E-state index contributed by atoms with van der Waals surface area (Å²) in [6.45, 7) is 9.67. The Morgan fingerprint density at radius 3 is 2.52 bits per heavy atom. The van der Waals surface area contributed by atoms with Gasteiger partial charge in [0.15, 0.2) is 0 Å². The van der Waals surface area contributed by atoms with E-state index in [1.807, 2.05) is 6.08 Å². The fraction of sp³-hybridized carbons (Fsp3) is 0.579. The summed E-state index contributed by atoms with van der Waals surface area (Å²) < 4.78 is 4.98. The zero-order valence-electron chi connectivity index (χ0n) is 14.4. The van der Waals surface area contributed by atoms with Crippen molar-refractivity contribution in [3.63, 3.8) is 0 Å². The van der Waals surface area contributed by atoms with Gasteiger partial charge in [0.25, 0.3) is 0 Å². The lowest BCUT2D eigenvalue weighted by molar-refractivity contribution is -0.150. The maximum absolute atomic E-state index is 12.5. The molecule has 1 heterocycles. The molecule has 0 aromatic heterocycles. The van der Waals surface area contributed by atoms with Gasteiger partial charge in [0, 0.05) is 5.57 Å². The second kappa shape index (κ2) is 9.33. The smallest absolute Gasteiger partial charge is 0.311 e. The average molecular weight is 319 g/mol. The average Bonchev–Trinajstić information content (AvgIpc) is 2.53. The molecule has 0 spiro atoms. The van der Waals surface area contributed by atoms with Crippen LogP contribution >= 0.6 is 0 Å². The number of piperidine rings is 1. The summed E-state index contributed by atoms with van der Waals surface area (Å²) in [7, 11) is 1.38. The molecule has 0 aromatic rings. The monoisotopic (exact) mass is 319 g/mol. The first kappa shape index (κ1) is 19.2. The van der Waals surface area contributed by atoms with Crippen LogP contribution in [-0.2, 0) is 14.3 Å². The normalized spacial score (nSPS) is 21.6. The van der Waals surface area contributed by atoms with Gasteiger partial charge in [-0.05, 0) is 32.1 Å². The first-order chi connectivity index (χ1) is 11.0. The minimum atomic E-state index is -0.686. The lowest BCUT2D eigenvalue weighted by Gasteiger charge is -2.43. The molecule has 1 fully saturated rings. The Labute approximate surface area is 139 Å². The number of ether oxygens (including phenoxy) is 1. The maximum atomic E-state index is 12.5. The van der Waals surface area contributed by atoms with Crippen molar-refractivity contribution in [3.05, 3.63) is 37.0 Å². The van der Waals surface area contributed by atoms with Gasteiger partial charge in [-0.1, -0.05) is 38.0 Å². The molecule has 4 nitrogen and oxygen atoms in total. The Kier molecular flexibility index (Phi) is 7.79. The molecule has 0 aliphatic carbocycles. The topological polar surface area (TPSA) is 55.4 Å². The van der Waals surface area contributed by atoms with Crippen molar-refractivity contribution in [2.45, 2.75) is 57.4 Å². The number of allylic oxidation sites excluding steroid dienone is 1. The van der Waals surface area contributed by atoms with Gasteiger partial charge in [0.2, 0.25) is 5.91 Å². The molecule has 0 bridgehead atoms. The number of rotatable bonds is 9. The van der Waals surface area contributed by atoms with Crippen LogP contribution in [0, 0.1) is 5.92 Å². The Morgan fingerprint density at radius 1 is 1.35 bits per heavy atom. The molecular formula is C19H29NO3. The summed E-state index contributed by atoms with van der Waals surface area (Å²) in [6.07, 6.45) is 11.1. The van der Waals surface area contributed by atoms with E-state index in [4.69, 9.17) is 4.74 Å². The van der Waals surface area contributed by atoms with Crippen LogP contribution in [0.1, 0.15) is 51.9 Å². The predicted octanol–water partition coefficient (Wildman–Crippen LogP) is 3.69. The van der Waals surface area contributed by atoms with E-state index in [0.717, 1.165) is 25.7 Å². The zero-order valence-corrected chi connectivity index (χ0v) is 14.4. The molecule has 23 heavy (non-hydrogen) atoms. The molecule has 1 rings (SSSR count). The van der Waals surface area contributed by atoms with E-state index < -0.39 is 11.5 Å². The number of esters is 1. The van der Waals surface area contributed by atoms with E-state index in [-0.39, 0.29) is 11.9 Å². The Hall–Kier alpha value is -1.84. The van der Waals surface area contributed by atoms with Crippen molar-refractivity contribution < 1.29 is 14.3 Å². The Morgan fingerprint density at radius 2 is 2.00 bits per heavy atom. The third kappa shape index (κ3) is 4.81. The van der Waals surface area contributed by atoms with Crippen molar-refractivity contribution in [2.24, 2.45) is 5.92 Å². The second-order valence-electron chi connectivity index (χ2n) is 6.10. The highest BCUT2D eigenvalue weighted by atomic mass is 16.5. The minimum Gasteiger partial charge on any atom is -0.469 e. The first-order valence-corrected chi connectivity index (χ1v) is 8.35. The summed E-state index contributed by atoms with van der Waals surface area (Å²) in [4.78, 5) is 24.8. The Balaban J connectivity index is 3.03. The molecule has 1 aliphatic heterocycles. The summed E-state index contributed by atoms with van der Waals surface area (Å²) in [6, 6.07) is 0. The lowest BCUT2D eigenvalue weighted by atomic mass is 9.72. The van der Waals surface area contributed by atoms with Crippen molar-refractivity contribution in [1.29, 1.82) is 0 Å². The third-order valence-electron chi connectivity index (χ3n) is 4.45. The number of amides is 1. The molecule has 1 N–H and O–H groups in total. The van der Waals surface area contributed by atoms with E-state index in [1.54, 1.807) is 12.2 Å². The van der Waals surface area contributed by atoms with Crippen LogP contribution in [-0.4, -0.2) is 24.5 Å². The molecule has 1 aliphatic rings. The predicted molar refractivity (Wildman–Crippen MR) is 92.8 cm³/mol. The molecule has 1 saturated heterocycles. The molecule has 1 amide bonds. The SMILES string of the molecule is C=CCC1(CC=C)NC(=O)/C(=C\CCCCC)CC1C(=O)OC. The fourth-order valence-electron chi connectivity index (χ4n) is 3.18. The van der Waals surface area contributed by atoms with Gasteiger partial charge in [0.1, 0.15) is 0 Å². The number of carbonyl (C=O) groups is 2. The molecule has 0 radical (unpaired) electrons. The summed E-state index contributed by atoms with van der Waals surface area (Å²) in [5, 5.41) is 3.04. The van der Waals surface area contributed by atoms with Crippen molar-refractivity contribution >= 4 is 11.9 Å². The summed E-state index contributed by atoms with van der Waals surface area (Å²) >= 11 is 0. The van der Waals surface area contributed by atoms with Crippen LogP contribution in [0.4, 0.5) is 0 Å². The van der Waals surface area contributed by atoms with E-state index in [9.17, 15) is 9.59 Å². The molecular weight excluding hydrogens is 290 g/mol. The van der Waals surface area contributed by atoms with Gasteiger partial charge in [-0.15, -0.1) is 13.2 Å². The van der Waals surface area contributed by atoms with Gasteiger partial charge in [-0.2, -0.15) is 0 Å². The maximum Gasteiger partial charge on any atom is 0.311 e. The highest BCUT2D eigenvalue weighted by Gasteiger charge is 2.47. The van der Waals surface area contributed by atoms with E-state index in [0.29, 0.717) is 24.8 Å². The minimum absolute atomic E-state index is 0.0923. The molecule has 128 valence electrons. The number of hydrogen-bond donors (Lipinski definition) is 1. The fourth-order valence-corrected chi connectivity index (χ4v) is 3.18. The van der Waals surface area contributed by atoms with Gasteiger partial charge in [-0.25, -0.2) is 0 Å². The number of hydrogen-bond acceptors (Lipinski definition) is 3. The highest BCUT2D eigenvalue weighted by Crippen LogP contribution is 2.36. The first-order valence-electron chi connectivity index (χ1n) is 8.35. The largest absolute Gasteiger partial charge is 0.469 e. The van der Waals surface area contributed by atoms with Gasteiger partial charge in [-0.3, -0.25) is 9.59 Å². The third-order valence-corrected chi connectivity index (χ3v) is 4.45. The van der Waals surface area contributed by atoms with Crippen LogP contribution in [0.15, 0.2) is 37.0 Å². The van der Waals surface area contributed by atoms with E-state index in [2.05, 4.69) is 25.4 Å². The van der Waals surface area contributed by atoms with Gasteiger partial charge >= 0.3 is 5.97 Å². The van der Waals surface area contributed by atoms with Crippen LogP contribution < -0.4 is 5.32 Å². The molecule has 4 heteroatoms. The molecule has 0 aromatic carbocycles. The summed E-state index contributed by atoms with van der Waals surface area (Å²) in [5.41, 5.74) is -0.00529. The Bertz CT molecular complexity index is 469. The lowest BCUT2D eigenvalue weighted by Crippen LogP contribution is -2.59. The standard InChI is InChI=1S/C19H29NO3/c1-5-8-9-10-11-15-14-16(18(22)23-4)19(12-6-2,13-7-3)20-17(15)21/h6-7,11,16H,2-3,5,8-10,12-14H2,1,4H3,(H,20,21)/b15-11-. The number of unbranched alkanes of at least 4 members (excludes halogenated alkanes) is 3. The molecule has 1 atom stereocenters. The number of nitrogens with one attached hydrogen (secondary N) is 1. The molecule has 0 saturated carbocycles. The van der Waals surface area contributed by atoms with E-state index in [1.165, 1.54) is 7.11 Å². The number of carbonyl (C=O) groups excluding carboxylic acids is 2. The van der Waals surface area contributed by atoms with Crippen LogP contribution in [0.3, 0.4) is 0 Å². The van der Waals surface area contributed by atoms with Crippen molar-refractivity contribution in [2.75, 3.05) is 7.11 Å². The van der Waals surface area contributed by atoms with Crippen molar-refractivity contribution in [3.8, 4) is 0 Å². The second-order valence-corrected chi connectivity index (χ2v) is 6.10. The molecule has 1 unspecified atom stereocenters. The van der Waals surface area contributed by atoms with Crippen LogP contribution in [0.5, 0.6) is 0 Å². The number of methoxy groups -OCH3 is 1. The van der Waals surface area contributed by atoms with E-state index >= 15 is 0 Å². The van der Waals surface area contributed by atoms with Gasteiger partial charge in [0.05, 0.1) is 18.6 Å². The quantitative estimate of drug-likeness (QED) is 0.305. The van der Waals surface area contributed by atoms with Crippen LogP contribution in [0.25, 0.3) is 0 Å².